The molecule has 0 bridgehead atoms. The number of nitrogens with one attached hydrogen (secondary N) is 2. The highest BCUT2D eigenvalue weighted by molar-refractivity contribution is 5.93. The van der Waals surface area contributed by atoms with Crippen LogP contribution < -0.4 is 10.6 Å². The van der Waals surface area contributed by atoms with Gasteiger partial charge in [-0.3, -0.25) is 9.78 Å². The zero-order valence-electron chi connectivity index (χ0n) is 15.3. The summed E-state index contributed by atoms with van der Waals surface area (Å²) in [5.41, 5.74) is 6.94. The van der Waals surface area contributed by atoms with Crippen LogP contribution in [-0.2, 0) is 6.54 Å². The van der Waals surface area contributed by atoms with E-state index in [1.54, 1.807) is 12.3 Å². The molecule has 1 amide bonds. The molecule has 26 heavy (non-hydrogen) atoms. The van der Waals surface area contributed by atoms with E-state index < -0.39 is 0 Å². The Kier molecular flexibility index (Phi) is 5.32. The lowest BCUT2D eigenvalue weighted by molar-refractivity contribution is 0.0946. The van der Waals surface area contributed by atoms with Gasteiger partial charge in [-0.2, -0.15) is 0 Å². The van der Waals surface area contributed by atoms with Crippen molar-refractivity contribution in [2.24, 2.45) is 0 Å². The number of hydrogen-bond acceptors (Lipinski definition) is 3. The van der Waals surface area contributed by atoms with Crippen molar-refractivity contribution in [1.29, 1.82) is 0 Å². The lowest BCUT2D eigenvalue weighted by Crippen LogP contribution is -2.23. The number of anilines is 2. The number of aryl methyl sites for hydroxylation is 3. The fraction of sp³-hybridized carbons (Fsp3) is 0.182. The monoisotopic (exact) mass is 345 g/mol. The van der Waals surface area contributed by atoms with Gasteiger partial charge in [-0.05, 0) is 61.7 Å². The SMILES string of the molecule is Cc1cccc(CNC(=O)c2cc(Nc3ccc(C)c(C)c3)ccn2)c1. The molecule has 3 aromatic rings. The molecule has 0 spiro atoms. The normalized spacial score (nSPS) is 10.4. The van der Waals surface area contributed by atoms with Crippen LogP contribution >= 0.6 is 0 Å². The Morgan fingerprint density at radius 1 is 0.923 bits per heavy atom. The first-order valence-corrected chi connectivity index (χ1v) is 8.65. The average molecular weight is 345 g/mol. The first-order valence-electron chi connectivity index (χ1n) is 8.65. The lowest BCUT2D eigenvalue weighted by Gasteiger charge is -2.10. The molecule has 0 fully saturated rings. The average Bonchev–Trinajstić information content (AvgIpc) is 2.63. The van der Waals surface area contributed by atoms with Crippen molar-refractivity contribution < 1.29 is 4.79 Å². The molecule has 0 aliphatic carbocycles. The Hall–Kier alpha value is -3.14. The molecule has 2 N–H and O–H groups in total. The number of aromatic nitrogens is 1. The van der Waals surface area contributed by atoms with Gasteiger partial charge >= 0.3 is 0 Å². The Balaban J connectivity index is 1.67. The quantitative estimate of drug-likeness (QED) is 0.706. The van der Waals surface area contributed by atoms with Gasteiger partial charge in [-0.25, -0.2) is 0 Å². The van der Waals surface area contributed by atoms with Gasteiger partial charge in [0.25, 0.3) is 5.91 Å². The summed E-state index contributed by atoms with van der Waals surface area (Å²) in [7, 11) is 0. The van der Waals surface area contributed by atoms with E-state index in [0.717, 1.165) is 16.9 Å². The Labute approximate surface area is 154 Å². The molecule has 0 aliphatic heterocycles. The van der Waals surface area contributed by atoms with Gasteiger partial charge in [0.15, 0.2) is 0 Å². The molecule has 0 saturated heterocycles. The highest BCUT2D eigenvalue weighted by Gasteiger charge is 2.08. The smallest absolute Gasteiger partial charge is 0.270 e. The van der Waals surface area contributed by atoms with Crippen molar-refractivity contribution in [3.05, 3.63) is 88.7 Å². The van der Waals surface area contributed by atoms with Crippen LogP contribution in [0.5, 0.6) is 0 Å². The fourth-order valence-corrected chi connectivity index (χ4v) is 2.71. The summed E-state index contributed by atoms with van der Waals surface area (Å²) in [6, 6.07) is 17.9. The summed E-state index contributed by atoms with van der Waals surface area (Å²) in [5.74, 6) is -0.185. The van der Waals surface area contributed by atoms with Crippen molar-refractivity contribution in [1.82, 2.24) is 10.3 Å². The molecule has 0 atom stereocenters. The van der Waals surface area contributed by atoms with E-state index in [1.165, 1.54) is 16.7 Å². The Morgan fingerprint density at radius 3 is 2.50 bits per heavy atom. The van der Waals surface area contributed by atoms with E-state index in [-0.39, 0.29) is 5.91 Å². The first kappa shape index (κ1) is 17.7. The van der Waals surface area contributed by atoms with E-state index in [2.05, 4.69) is 47.7 Å². The molecule has 2 aromatic carbocycles. The van der Waals surface area contributed by atoms with Gasteiger partial charge in [-0.15, -0.1) is 0 Å². The van der Waals surface area contributed by atoms with Crippen LogP contribution in [0.4, 0.5) is 11.4 Å². The van der Waals surface area contributed by atoms with Gasteiger partial charge in [0.1, 0.15) is 5.69 Å². The zero-order valence-corrected chi connectivity index (χ0v) is 15.3. The molecule has 3 rings (SSSR count). The molecule has 4 nitrogen and oxygen atoms in total. The molecular weight excluding hydrogens is 322 g/mol. The van der Waals surface area contributed by atoms with Crippen molar-refractivity contribution in [3.63, 3.8) is 0 Å². The maximum Gasteiger partial charge on any atom is 0.270 e. The maximum atomic E-state index is 12.4. The zero-order chi connectivity index (χ0) is 18.5. The molecule has 0 saturated carbocycles. The molecule has 1 aromatic heterocycles. The number of pyridine rings is 1. The molecule has 1 heterocycles. The summed E-state index contributed by atoms with van der Waals surface area (Å²) in [6.45, 7) is 6.69. The summed E-state index contributed by atoms with van der Waals surface area (Å²) < 4.78 is 0. The summed E-state index contributed by atoms with van der Waals surface area (Å²) in [5, 5.41) is 6.25. The second-order valence-corrected chi connectivity index (χ2v) is 6.53. The van der Waals surface area contributed by atoms with Crippen LogP contribution in [0.2, 0.25) is 0 Å². The van der Waals surface area contributed by atoms with E-state index in [1.807, 2.05) is 37.3 Å². The summed E-state index contributed by atoms with van der Waals surface area (Å²) >= 11 is 0. The third kappa shape index (κ3) is 4.48. The number of nitrogens with zero attached hydrogens (tertiary/aromatic N) is 1. The first-order chi connectivity index (χ1) is 12.5. The lowest BCUT2D eigenvalue weighted by atomic mass is 10.1. The molecule has 0 unspecified atom stereocenters. The number of carbonyl (C=O) groups is 1. The number of hydrogen-bond donors (Lipinski definition) is 2. The Bertz CT molecular complexity index is 934. The minimum atomic E-state index is -0.185. The van der Waals surface area contributed by atoms with Gasteiger partial charge in [0, 0.05) is 24.1 Å². The third-order valence-electron chi connectivity index (χ3n) is 4.32. The minimum absolute atomic E-state index is 0.185. The largest absolute Gasteiger partial charge is 0.355 e. The second kappa shape index (κ2) is 7.83. The fourth-order valence-electron chi connectivity index (χ4n) is 2.71. The maximum absolute atomic E-state index is 12.4. The Morgan fingerprint density at radius 2 is 1.73 bits per heavy atom. The van der Waals surface area contributed by atoms with Gasteiger partial charge in [0.2, 0.25) is 0 Å². The van der Waals surface area contributed by atoms with Crippen LogP contribution in [0, 0.1) is 20.8 Å². The summed E-state index contributed by atoms with van der Waals surface area (Å²) in [4.78, 5) is 16.6. The van der Waals surface area contributed by atoms with Crippen LogP contribution in [-0.4, -0.2) is 10.9 Å². The molecule has 4 heteroatoms. The molecular formula is C22H23N3O. The highest BCUT2D eigenvalue weighted by Crippen LogP contribution is 2.19. The second-order valence-electron chi connectivity index (χ2n) is 6.53. The van der Waals surface area contributed by atoms with E-state index in [9.17, 15) is 4.79 Å². The van der Waals surface area contributed by atoms with Crippen LogP contribution in [0.1, 0.15) is 32.7 Å². The molecule has 0 radical (unpaired) electrons. The predicted octanol–water partition coefficient (Wildman–Crippen LogP) is 4.68. The number of benzene rings is 2. The van der Waals surface area contributed by atoms with Gasteiger partial charge in [-0.1, -0.05) is 35.9 Å². The van der Waals surface area contributed by atoms with Crippen molar-refractivity contribution in [2.75, 3.05) is 5.32 Å². The summed E-state index contributed by atoms with van der Waals surface area (Å²) in [6.07, 6.45) is 1.64. The van der Waals surface area contributed by atoms with Crippen molar-refractivity contribution >= 4 is 17.3 Å². The number of rotatable bonds is 5. The van der Waals surface area contributed by atoms with Crippen molar-refractivity contribution in [3.8, 4) is 0 Å². The van der Waals surface area contributed by atoms with E-state index in [4.69, 9.17) is 0 Å². The topological polar surface area (TPSA) is 54.0 Å². The molecule has 0 aliphatic rings. The van der Waals surface area contributed by atoms with Crippen LogP contribution in [0.3, 0.4) is 0 Å². The molecule has 132 valence electrons. The standard InChI is InChI=1S/C22H23N3O/c1-15-5-4-6-18(11-15)14-24-22(26)21-13-20(9-10-23-21)25-19-8-7-16(2)17(3)12-19/h4-13H,14H2,1-3H3,(H,23,25)(H,24,26). The van der Waals surface area contributed by atoms with E-state index >= 15 is 0 Å². The third-order valence-corrected chi connectivity index (χ3v) is 4.32. The van der Waals surface area contributed by atoms with Crippen molar-refractivity contribution in [2.45, 2.75) is 27.3 Å². The van der Waals surface area contributed by atoms with E-state index in [0.29, 0.717) is 12.2 Å². The highest BCUT2D eigenvalue weighted by atomic mass is 16.1. The number of amides is 1. The minimum Gasteiger partial charge on any atom is -0.355 e. The van der Waals surface area contributed by atoms with Crippen LogP contribution in [0.25, 0.3) is 0 Å². The van der Waals surface area contributed by atoms with Crippen LogP contribution in [0.15, 0.2) is 60.8 Å². The van der Waals surface area contributed by atoms with Gasteiger partial charge in [0.05, 0.1) is 0 Å². The predicted molar refractivity (Wildman–Crippen MR) is 106 cm³/mol. The number of carbonyl (C=O) groups excluding carboxylic acids is 1. The van der Waals surface area contributed by atoms with Gasteiger partial charge < -0.3 is 10.6 Å².